The maximum atomic E-state index is 12.4. The largest absolute Gasteiger partial charge is 0.336 e. The first-order valence-electron chi connectivity index (χ1n) is 6.71. The molecule has 0 bridgehead atoms. The van der Waals surface area contributed by atoms with Crippen molar-refractivity contribution in [1.82, 2.24) is 4.90 Å². The molecule has 98 valence electrons. The van der Waals surface area contributed by atoms with E-state index in [4.69, 9.17) is 5.73 Å². The van der Waals surface area contributed by atoms with Gasteiger partial charge in [-0.15, -0.1) is 0 Å². The lowest BCUT2D eigenvalue weighted by Gasteiger charge is -2.21. The Morgan fingerprint density at radius 2 is 2.00 bits per heavy atom. The van der Waals surface area contributed by atoms with E-state index in [0.717, 1.165) is 24.9 Å². The van der Waals surface area contributed by atoms with Crippen LogP contribution in [0.1, 0.15) is 36.2 Å². The Morgan fingerprint density at radius 3 is 2.50 bits per heavy atom. The smallest absolute Gasteiger partial charge is 0.254 e. The molecule has 2 atom stereocenters. The van der Waals surface area contributed by atoms with Gasteiger partial charge in [-0.25, -0.2) is 0 Å². The summed E-state index contributed by atoms with van der Waals surface area (Å²) in [6.45, 7) is 5.86. The number of amides is 1. The number of carbonyl (C=O) groups is 1. The molecular formula is C15H22N2O. The Labute approximate surface area is 109 Å². The average Bonchev–Trinajstić information content (AvgIpc) is 2.69. The van der Waals surface area contributed by atoms with Gasteiger partial charge < -0.3 is 10.6 Å². The minimum absolute atomic E-state index is 0.158. The number of nitrogens with two attached hydrogens (primary N) is 1. The molecular weight excluding hydrogens is 224 g/mol. The summed E-state index contributed by atoms with van der Waals surface area (Å²) >= 11 is 0. The molecule has 1 amide bonds. The maximum Gasteiger partial charge on any atom is 0.254 e. The van der Waals surface area contributed by atoms with Crippen molar-refractivity contribution in [1.29, 1.82) is 0 Å². The van der Waals surface area contributed by atoms with Gasteiger partial charge in [0.15, 0.2) is 0 Å². The zero-order chi connectivity index (χ0) is 13.1. The third kappa shape index (κ3) is 2.72. The van der Waals surface area contributed by atoms with Crippen LogP contribution in [0.5, 0.6) is 0 Å². The molecule has 18 heavy (non-hydrogen) atoms. The predicted molar refractivity (Wildman–Crippen MR) is 73.5 cm³/mol. The normalized spacial score (nSPS) is 23.4. The zero-order valence-corrected chi connectivity index (χ0v) is 11.2. The number of rotatable bonds is 3. The zero-order valence-electron chi connectivity index (χ0n) is 11.2. The van der Waals surface area contributed by atoms with E-state index < -0.39 is 0 Å². The predicted octanol–water partition coefficient (Wildman–Crippen LogP) is 2.06. The van der Waals surface area contributed by atoms with Crippen LogP contribution in [0.25, 0.3) is 0 Å². The lowest BCUT2D eigenvalue weighted by atomic mass is 10.1. The molecule has 1 aliphatic rings. The minimum Gasteiger partial charge on any atom is -0.336 e. The first-order chi connectivity index (χ1) is 8.61. The third-order valence-corrected chi connectivity index (χ3v) is 3.68. The van der Waals surface area contributed by atoms with Crippen LogP contribution >= 0.6 is 0 Å². The topological polar surface area (TPSA) is 46.3 Å². The lowest BCUT2D eigenvalue weighted by molar-refractivity contribution is 0.0744. The first kappa shape index (κ1) is 13.1. The molecule has 1 aromatic carbocycles. The van der Waals surface area contributed by atoms with Crippen LogP contribution in [-0.2, 0) is 6.42 Å². The standard InChI is InChI=1S/C15H22N2O/c1-11-9-12(2)17(10-11)15(18)14-5-3-13(4-6-14)7-8-16/h3-6,11-12H,7-10,16H2,1-2H3. The van der Waals surface area contributed by atoms with Gasteiger partial charge in [0.1, 0.15) is 0 Å². The van der Waals surface area contributed by atoms with Crippen molar-refractivity contribution in [2.75, 3.05) is 13.1 Å². The van der Waals surface area contributed by atoms with Crippen LogP contribution in [-0.4, -0.2) is 29.9 Å². The highest BCUT2D eigenvalue weighted by Crippen LogP contribution is 2.24. The molecule has 0 aromatic heterocycles. The number of likely N-dealkylation sites (tertiary alicyclic amines) is 1. The molecule has 1 aromatic rings. The fraction of sp³-hybridized carbons (Fsp3) is 0.533. The summed E-state index contributed by atoms with van der Waals surface area (Å²) in [5, 5.41) is 0. The van der Waals surface area contributed by atoms with Crippen molar-refractivity contribution in [3.63, 3.8) is 0 Å². The van der Waals surface area contributed by atoms with Gasteiger partial charge in [-0.2, -0.15) is 0 Å². The van der Waals surface area contributed by atoms with Gasteiger partial charge in [0, 0.05) is 18.2 Å². The van der Waals surface area contributed by atoms with Crippen molar-refractivity contribution in [2.45, 2.75) is 32.7 Å². The van der Waals surface area contributed by atoms with Crippen LogP contribution in [0.3, 0.4) is 0 Å². The Kier molecular flexibility index (Phi) is 4.02. The van der Waals surface area contributed by atoms with E-state index in [0.29, 0.717) is 18.5 Å². The monoisotopic (exact) mass is 246 g/mol. The molecule has 0 saturated carbocycles. The Balaban J connectivity index is 2.09. The van der Waals surface area contributed by atoms with E-state index in [-0.39, 0.29) is 5.91 Å². The number of carbonyl (C=O) groups excluding carboxylic acids is 1. The van der Waals surface area contributed by atoms with Gasteiger partial charge in [0.25, 0.3) is 5.91 Å². The summed E-state index contributed by atoms with van der Waals surface area (Å²) in [5.41, 5.74) is 7.50. The van der Waals surface area contributed by atoms with Crippen molar-refractivity contribution < 1.29 is 4.79 Å². The first-order valence-corrected chi connectivity index (χ1v) is 6.71. The van der Waals surface area contributed by atoms with E-state index in [9.17, 15) is 4.79 Å². The van der Waals surface area contributed by atoms with Crippen molar-refractivity contribution in [2.24, 2.45) is 11.7 Å². The SMILES string of the molecule is CC1CC(C)N(C(=O)c2ccc(CCN)cc2)C1. The molecule has 0 radical (unpaired) electrons. The molecule has 2 rings (SSSR count). The fourth-order valence-corrected chi connectivity index (χ4v) is 2.73. The number of hydrogen-bond acceptors (Lipinski definition) is 2. The molecule has 1 heterocycles. The molecule has 2 N–H and O–H groups in total. The Hall–Kier alpha value is -1.35. The van der Waals surface area contributed by atoms with Crippen LogP contribution in [0.15, 0.2) is 24.3 Å². The number of nitrogens with zero attached hydrogens (tertiary/aromatic N) is 1. The molecule has 2 unspecified atom stereocenters. The van der Waals surface area contributed by atoms with E-state index in [1.807, 2.05) is 29.2 Å². The van der Waals surface area contributed by atoms with Crippen molar-refractivity contribution in [3.05, 3.63) is 35.4 Å². The molecule has 1 saturated heterocycles. The van der Waals surface area contributed by atoms with Gasteiger partial charge in [0.2, 0.25) is 0 Å². The molecule has 3 heteroatoms. The van der Waals surface area contributed by atoms with Crippen molar-refractivity contribution in [3.8, 4) is 0 Å². The van der Waals surface area contributed by atoms with Gasteiger partial charge >= 0.3 is 0 Å². The molecule has 3 nitrogen and oxygen atoms in total. The molecule has 0 aliphatic carbocycles. The van der Waals surface area contributed by atoms with E-state index in [2.05, 4.69) is 13.8 Å². The summed E-state index contributed by atoms with van der Waals surface area (Å²) in [6.07, 6.45) is 1.97. The maximum absolute atomic E-state index is 12.4. The molecule has 1 aliphatic heterocycles. The number of hydrogen-bond donors (Lipinski definition) is 1. The molecule has 0 spiro atoms. The quantitative estimate of drug-likeness (QED) is 0.887. The second kappa shape index (κ2) is 5.53. The fourth-order valence-electron chi connectivity index (χ4n) is 2.73. The van der Waals surface area contributed by atoms with E-state index in [1.165, 1.54) is 5.56 Å². The summed E-state index contributed by atoms with van der Waals surface area (Å²) in [6, 6.07) is 8.21. The second-order valence-corrected chi connectivity index (χ2v) is 5.38. The van der Waals surface area contributed by atoms with E-state index >= 15 is 0 Å². The van der Waals surface area contributed by atoms with Crippen molar-refractivity contribution >= 4 is 5.91 Å². The van der Waals surface area contributed by atoms with Crippen LogP contribution in [0.2, 0.25) is 0 Å². The van der Waals surface area contributed by atoms with Crippen LogP contribution < -0.4 is 5.73 Å². The second-order valence-electron chi connectivity index (χ2n) is 5.38. The lowest BCUT2D eigenvalue weighted by Crippen LogP contribution is -2.33. The highest BCUT2D eigenvalue weighted by Gasteiger charge is 2.30. The average molecular weight is 246 g/mol. The highest BCUT2D eigenvalue weighted by atomic mass is 16.2. The Bertz CT molecular complexity index is 413. The molecule has 1 fully saturated rings. The third-order valence-electron chi connectivity index (χ3n) is 3.68. The Morgan fingerprint density at radius 1 is 1.33 bits per heavy atom. The number of benzene rings is 1. The summed E-state index contributed by atoms with van der Waals surface area (Å²) in [5.74, 6) is 0.770. The van der Waals surface area contributed by atoms with Gasteiger partial charge in [0.05, 0.1) is 0 Å². The van der Waals surface area contributed by atoms with Crippen LogP contribution in [0.4, 0.5) is 0 Å². The minimum atomic E-state index is 0.158. The summed E-state index contributed by atoms with van der Waals surface area (Å²) in [4.78, 5) is 14.4. The van der Waals surface area contributed by atoms with E-state index in [1.54, 1.807) is 0 Å². The van der Waals surface area contributed by atoms with Gasteiger partial charge in [-0.1, -0.05) is 19.1 Å². The van der Waals surface area contributed by atoms with Crippen LogP contribution in [0, 0.1) is 5.92 Å². The highest BCUT2D eigenvalue weighted by molar-refractivity contribution is 5.94. The summed E-state index contributed by atoms with van der Waals surface area (Å²) < 4.78 is 0. The summed E-state index contributed by atoms with van der Waals surface area (Å²) in [7, 11) is 0. The van der Waals surface area contributed by atoms with Gasteiger partial charge in [-0.3, -0.25) is 4.79 Å². The van der Waals surface area contributed by atoms with Gasteiger partial charge in [-0.05, 0) is 49.9 Å².